The van der Waals surface area contributed by atoms with Crippen molar-refractivity contribution in [1.29, 1.82) is 0 Å². The number of hydrogen-bond acceptors (Lipinski definition) is 4. The zero-order valence-electron chi connectivity index (χ0n) is 13.4. The van der Waals surface area contributed by atoms with Crippen LogP contribution in [0.4, 0.5) is 5.69 Å². The van der Waals surface area contributed by atoms with Gasteiger partial charge in [0, 0.05) is 10.6 Å². The predicted octanol–water partition coefficient (Wildman–Crippen LogP) is 2.26. The Kier molecular flexibility index (Phi) is 4.35. The monoisotopic (exact) mass is 343 g/mol. The van der Waals surface area contributed by atoms with E-state index >= 15 is 0 Å². The molecule has 24 heavy (non-hydrogen) atoms. The summed E-state index contributed by atoms with van der Waals surface area (Å²) in [6.45, 7) is 3.53. The highest BCUT2D eigenvalue weighted by Gasteiger charge is 2.13. The number of benzene rings is 1. The van der Waals surface area contributed by atoms with E-state index in [1.807, 2.05) is 32.0 Å². The lowest BCUT2D eigenvalue weighted by Gasteiger charge is -2.10. The van der Waals surface area contributed by atoms with Gasteiger partial charge in [0.05, 0.1) is 5.39 Å². The van der Waals surface area contributed by atoms with Gasteiger partial charge >= 0.3 is 5.69 Å². The summed E-state index contributed by atoms with van der Waals surface area (Å²) in [5, 5.41) is 3.20. The second-order valence-electron chi connectivity index (χ2n) is 5.48. The zero-order valence-corrected chi connectivity index (χ0v) is 14.2. The fraction of sp³-hybridized carbons (Fsp3) is 0.235. The Hall–Kier alpha value is -2.67. The summed E-state index contributed by atoms with van der Waals surface area (Å²) >= 11 is 1.35. The molecule has 7 heteroatoms. The van der Waals surface area contributed by atoms with Crippen LogP contribution in [0, 0.1) is 6.92 Å². The van der Waals surface area contributed by atoms with Crippen molar-refractivity contribution in [2.24, 2.45) is 0 Å². The number of aromatic amines is 1. The van der Waals surface area contributed by atoms with Crippen molar-refractivity contribution in [3.63, 3.8) is 0 Å². The Balaban J connectivity index is 1.91. The van der Waals surface area contributed by atoms with E-state index in [1.165, 1.54) is 11.3 Å². The van der Waals surface area contributed by atoms with Gasteiger partial charge in [0.2, 0.25) is 5.91 Å². The summed E-state index contributed by atoms with van der Waals surface area (Å²) < 4.78 is 0.929. The largest absolute Gasteiger partial charge is 0.329 e. The summed E-state index contributed by atoms with van der Waals surface area (Å²) in [6, 6.07) is 9.17. The molecule has 0 saturated carbocycles. The van der Waals surface area contributed by atoms with E-state index < -0.39 is 17.2 Å². The SMILES string of the molecule is CCc1ccccc1NC(=O)Cn1c(=O)[nH]c2sc(C)cc2c1=O. The number of fused-ring (bicyclic) bond motifs is 1. The Morgan fingerprint density at radius 2 is 2.04 bits per heavy atom. The first-order valence-corrected chi connectivity index (χ1v) is 8.42. The number of aromatic nitrogens is 2. The van der Waals surface area contributed by atoms with Crippen molar-refractivity contribution in [1.82, 2.24) is 9.55 Å². The molecule has 1 amide bonds. The summed E-state index contributed by atoms with van der Waals surface area (Å²) in [5.74, 6) is -0.408. The van der Waals surface area contributed by atoms with Crippen LogP contribution in [0.3, 0.4) is 0 Å². The maximum Gasteiger partial charge on any atom is 0.329 e. The molecule has 0 saturated heterocycles. The van der Waals surface area contributed by atoms with Crippen LogP contribution in [0.1, 0.15) is 17.4 Å². The molecule has 0 atom stereocenters. The minimum absolute atomic E-state index is 0.322. The molecular weight excluding hydrogens is 326 g/mol. The molecule has 2 aromatic heterocycles. The maximum atomic E-state index is 12.4. The van der Waals surface area contributed by atoms with Crippen LogP contribution in [-0.2, 0) is 17.8 Å². The van der Waals surface area contributed by atoms with E-state index in [4.69, 9.17) is 0 Å². The molecule has 2 heterocycles. The summed E-state index contributed by atoms with van der Waals surface area (Å²) in [7, 11) is 0. The van der Waals surface area contributed by atoms with Gasteiger partial charge in [-0.25, -0.2) is 4.79 Å². The third-order valence-corrected chi connectivity index (χ3v) is 4.74. The van der Waals surface area contributed by atoms with Crippen LogP contribution in [0.15, 0.2) is 39.9 Å². The Bertz CT molecular complexity index is 1030. The molecule has 2 N–H and O–H groups in total. The maximum absolute atomic E-state index is 12.4. The Morgan fingerprint density at radius 3 is 2.79 bits per heavy atom. The number of anilines is 1. The predicted molar refractivity (Wildman–Crippen MR) is 95.9 cm³/mol. The van der Waals surface area contributed by atoms with Gasteiger partial charge in [-0.1, -0.05) is 25.1 Å². The Morgan fingerprint density at radius 1 is 1.29 bits per heavy atom. The second-order valence-corrected chi connectivity index (χ2v) is 6.74. The number of hydrogen-bond donors (Lipinski definition) is 2. The highest BCUT2D eigenvalue weighted by Crippen LogP contribution is 2.18. The lowest BCUT2D eigenvalue weighted by atomic mass is 10.1. The van der Waals surface area contributed by atoms with E-state index in [1.54, 1.807) is 12.1 Å². The number of nitrogens with zero attached hydrogens (tertiary/aromatic N) is 1. The van der Waals surface area contributed by atoms with Crippen LogP contribution in [0.25, 0.3) is 10.2 Å². The van der Waals surface area contributed by atoms with Crippen LogP contribution in [-0.4, -0.2) is 15.5 Å². The van der Waals surface area contributed by atoms with E-state index in [9.17, 15) is 14.4 Å². The molecule has 3 aromatic rings. The van der Waals surface area contributed by atoms with Gasteiger partial charge in [-0.3, -0.25) is 19.1 Å². The van der Waals surface area contributed by atoms with Gasteiger partial charge in [0.1, 0.15) is 11.4 Å². The first-order chi connectivity index (χ1) is 11.5. The molecule has 0 aliphatic heterocycles. The first-order valence-electron chi connectivity index (χ1n) is 7.60. The standard InChI is InChI=1S/C17H17N3O3S/c1-3-11-6-4-5-7-13(11)18-14(21)9-20-16(22)12-8-10(2)24-15(12)19-17(20)23/h4-8H,3,9H2,1-2H3,(H,18,21)(H,19,23). The quantitative estimate of drug-likeness (QED) is 0.762. The van der Waals surface area contributed by atoms with Gasteiger partial charge in [0.25, 0.3) is 5.56 Å². The minimum atomic E-state index is -0.576. The molecule has 0 aliphatic rings. The lowest BCUT2D eigenvalue weighted by Crippen LogP contribution is -2.38. The number of nitrogens with one attached hydrogen (secondary N) is 2. The van der Waals surface area contributed by atoms with E-state index in [0.717, 1.165) is 21.4 Å². The topological polar surface area (TPSA) is 84.0 Å². The molecule has 0 unspecified atom stereocenters. The van der Waals surface area contributed by atoms with E-state index in [0.29, 0.717) is 15.9 Å². The fourth-order valence-electron chi connectivity index (χ4n) is 2.60. The number of H-pyrrole nitrogens is 1. The molecule has 0 radical (unpaired) electrons. The number of rotatable bonds is 4. The fourth-order valence-corrected chi connectivity index (χ4v) is 3.49. The van der Waals surface area contributed by atoms with Crippen molar-refractivity contribution in [2.45, 2.75) is 26.8 Å². The van der Waals surface area contributed by atoms with Gasteiger partial charge in [-0.15, -0.1) is 11.3 Å². The van der Waals surface area contributed by atoms with Gasteiger partial charge in [-0.2, -0.15) is 0 Å². The van der Waals surface area contributed by atoms with Gasteiger partial charge in [0.15, 0.2) is 0 Å². The third-order valence-electron chi connectivity index (χ3n) is 3.77. The van der Waals surface area contributed by atoms with Crippen LogP contribution >= 0.6 is 11.3 Å². The van der Waals surface area contributed by atoms with Crippen molar-refractivity contribution in [3.05, 3.63) is 61.6 Å². The second kappa shape index (κ2) is 6.45. The van der Waals surface area contributed by atoms with Crippen molar-refractivity contribution >= 4 is 33.1 Å². The smallest absolute Gasteiger partial charge is 0.324 e. The summed E-state index contributed by atoms with van der Waals surface area (Å²) in [4.78, 5) is 40.9. The van der Waals surface area contributed by atoms with Crippen LogP contribution in [0.2, 0.25) is 0 Å². The average Bonchev–Trinajstić information content (AvgIpc) is 2.92. The van der Waals surface area contributed by atoms with E-state index in [2.05, 4.69) is 10.3 Å². The van der Waals surface area contributed by atoms with Gasteiger partial charge < -0.3 is 5.32 Å². The Labute approximate surface area is 141 Å². The third kappa shape index (κ3) is 3.03. The zero-order chi connectivity index (χ0) is 17.3. The lowest BCUT2D eigenvalue weighted by molar-refractivity contribution is -0.116. The molecule has 0 bridgehead atoms. The van der Waals surface area contributed by atoms with Gasteiger partial charge in [-0.05, 0) is 31.0 Å². The molecule has 0 aliphatic carbocycles. The number of amides is 1. The summed E-state index contributed by atoms with van der Waals surface area (Å²) in [6.07, 6.45) is 0.775. The van der Waals surface area contributed by atoms with Crippen molar-refractivity contribution in [3.8, 4) is 0 Å². The molecular formula is C17H17N3O3S. The minimum Gasteiger partial charge on any atom is -0.324 e. The molecule has 3 rings (SSSR count). The first kappa shape index (κ1) is 16.2. The summed E-state index contributed by atoms with van der Waals surface area (Å²) in [5.41, 5.74) is 0.670. The molecule has 124 valence electrons. The number of carbonyl (C=O) groups excluding carboxylic acids is 1. The van der Waals surface area contributed by atoms with Crippen molar-refractivity contribution in [2.75, 3.05) is 5.32 Å². The number of thiophene rings is 1. The normalized spacial score (nSPS) is 10.9. The molecule has 6 nitrogen and oxygen atoms in total. The molecule has 1 aromatic carbocycles. The molecule has 0 spiro atoms. The highest BCUT2D eigenvalue weighted by molar-refractivity contribution is 7.18. The average molecular weight is 343 g/mol. The van der Waals surface area contributed by atoms with E-state index in [-0.39, 0.29) is 6.54 Å². The van der Waals surface area contributed by atoms with Crippen LogP contribution in [0.5, 0.6) is 0 Å². The van der Waals surface area contributed by atoms with Crippen molar-refractivity contribution < 1.29 is 4.79 Å². The highest BCUT2D eigenvalue weighted by atomic mass is 32.1. The number of para-hydroxylation sites is 1. The number of aryl methyl sites for hydroxylation is 2. The molecule has 0 fully saturated rings. The number of carbonyl (C=O) groups is 1. The van der Waals surface area contributed by atoms with Crippen LogP contribution < -0.4 is 16.6 Å².